The molecule has 0 spiro atoms. The number of nitrogens with one attached hydrogen (secondary N) is 2. The second kappa shape index (κ2) is 8.86. The van der Waals surface area contributed by atoms with E-state index in [0.29, 0.717) is 11.5 Å². The molecular weight excluding hydrogens is 372 g/mol. The van der Waals surface area contributed by atoms with Crippen molar-refractivity contribution < 1.29 is 28.6 Å². The van der Waals surface area contributed by atoms with Crippen LogP contribution < -0.4 is 20.3 Å². The van der Waals surface area contributed by atoms with Crippen LogP contribution in [0.4, 0.5) is 0 Å². The van der Waals surface area contributed by atoms with Crippen molar-refractivity contribution in [3.05, 3.63) is 52.7 Å². The molecule has 2 aromatic rings. The first kappa shape index (κ1) is 18.5. The highest BCUT2D eigenvalue weighted by atomic mass is 32.1. The van der Waals surface area contributed by atoms with Gasteiger partial charge in [-0.25, -0.2) is 4.79 Å². The number of hydrazine groups is 1. The van der Waals surface area contributed by atoms with E-state index in [9.17, 15) is 14.4 Å². The van der Waals surface area contributed by atoms with Crippen molar-refractivity contribution in [1.29, 1.82) is 0 Å². The maximum absolute atomic E-state index is 12.0. The fourth-order valence-corrected chi connectivity index (χ4v) is 2.74. The van der Waals surface area contributed by atoms with Crippen LogP contribution in [0, 0.1) is 0 Å². The quantitative estimate of drug-likeness (QED) is 0.455. The zero-order chi connectivity index (χ0) is 19.1. The number of hydrogen-bond acceptors (Lipinski definition) is 7. The van der Waals surface area contributed by atoms with E-state index in [1.807, 2.05) is 16.8 Å². The predicted octanol–water partition coefficient (Wildman–Crippen LogP) is 1.29. The van der Waals surface area contributed by atoms with Crippen LogP contribution in [0.3, 0.4) is 0 Å². The summed E-state index contributed by atoms with van der Waals surface area (Å²) in [4.78, 5) is 35.2. The first-order chi connectivity index (χ1) is 13.1. The molecule has 0 aliphatic carbocycles. The summed E-state index contributed by atoms with van der Waals surface area (Å²) in [6.07, 6.45) is 1.89. The zero-order valence-corrected chi connectivity index (χ0v) is 14.9. The summed E-state index contributed by atoms with van der Waals surface area (Å²) in [6, 6.07) is 8.79. The molecule has 2 N–H and O–H groups in total. The number of ether oxygens (including phenoxy) is 3. The first-order valence-electron chi connectivity index (χ1n) is 7.96. The SMILES string of the molecule is O=C(COC(=O)/C=C/c1ccsc1)NNC(=O)[C@@H]1COc2ccccc2O1. The lowest BCUT2D eigenvalue weighted by molar-refractivity contribution is -0.145. The fourth-order valence-electron chi connectivity index (χ4n) is 2.12. The number of amides is 2. The predicted molar refractivity (Wildman–Crippen MR) is 97.0 cm³/mol. The van der Waals surface area contributed by atoms with E-state index in [2.05, 4.69) is 10.9 Å². The molecule has 0 fully saturated rings. The highest BCUT2D eigenvalue weighted by Crippen LogP contribution is 2.30. The molecule has 1 atom stereocenters. The Morgan fingerprint density at radius 2 is 2.00 bits per heavy atom. The second-order valence-corrected chi connectivity index (χ2v) is 6.18. The molecule has 9 heteroatoms. The van der Waals surface area contributed by atoms with Crippen LogP contribution in [0.5, 0.6) is 11.5 Å². The molecule has 0 radical (unpaired) electrons. The maximum atomic E-state index is 12.0. The van der Waals surface area contributed by atoms with E-state index < -0.39 is 30.5 Å². The van der Waals surface area contributed by atoms with Gasteiger partial charge in [0.15, 0.2) is 18.1 Å². The highest BCUT2D eigenvalue weighted by Gasteiger charge is 2.27. The highest BCUT2D eigenvalue weighted by molar-refractivity contribution is 7.08. The Morgan fingerprint density at radius 1 is 1.19 bits per heavy atom. The van der Waals surface area contributed by atoms with Gasteiger partial charge in [0.05, 0.1) is 0 Å². The molecule has 0 unspecified atom stereocenters. The van der Waals surface area contributed by atoms with Gasteiger partial charge in [-0.3, -0.25) is 20.4 Å². The average Bonchev–Trinajstić information content (AvgIpc) is 3.22. The smallest absolute Gasteiger partial charge is 0.331 e. The van der Waals surface area contributed by atoms with Crippen molar-refractivity contribution in [1.82, 2.24) is 10.9 Å². The Bertz CT molecular complexity index is 849. The molecule has 2 amide bonds. The van der Waals surface area contributed by atoms with Crippen LogP contribution in [0.2, 0.25) is 0 Å². The Balaban J connectivity index is 1.38. The number of esters is 1. The molecular formula is C18H16N2O6S. The minimum atomic E-state index is -0.906. The van der Waals surface area contributed by atoms with Gasteiger partial charge in [0.1, 0.15) is 6.61 Å². The lowest BCUT2D eigenvalue weighted by Crippen LogP contribution is -2.51. The topological polar surface area (TPSA) is 103 Å². The van der Waals surface area contributed by atoms with Crippen LogP contribution in [0.1, 0.15) is 5.56 Å². The number of fused-ring (bicyclic) bond motifs is 1. The van der Waals surface area contributed by atoms with E-state index in [1.54, 1.807) is 30.3 Å². The molecule has 1 aromatic heterocycles. The second-order valence-electron chi connectivity index (χ2n) is 5.40. The summed E-state index contributed by atoms with van der Waals surface area (Å²) in [6.45, 7) is -0.515. The van der Waals surface area contributed by atoms with Crippen LogP contribution >= 0.6 is 11.3 Å². The lowest BCUT2D eigenvalue weighted by atomic mass is 10.2. The van der Waals surface area contributed by atoms with E-state index in [1.165, 1.54) is 17.4 Å². The number of carbonyl (C=O) groups is 3. The van der Waals surface area contributed by atoms with Gasteiger partial charge in [0, 0.05) is 6.08 Å². The number of para-hydroxylation sites is 2. The van der Waals surface area contributed by atoms with Crippen LogP contribution in [-0.2, 0) is 19.1 Å². The van der Waals surface area contributed by atoms with Gasteiger partial charge in [0.25, 0.3) is 11.8 Å². The summed E-state index contributed by atoms with van der Waals surface area (Å²) in [7, 11) is 0. The third kappa shape index (κ3) is 5.32. The van der Waals surface area contributed by atoms with Crippen molar-refractivity contribution in [2.45, 2.75) is 6.10 Å². The minimum absolute atomic E-state index is 0.0150. The lowest BCUT2D eigenvalue weighted by Gasteiger charge is -2.25. The first-order valence-corrected chi connectivity index (χ1v) is 8.90. The van der Waals surface area contributed by atoms with Gasteiger partial charge in [-0.1, -0.05) is 12.1 Å². The zero-order valence-electron chi connectivity index (χ0n) is 14.0. The molecule has 0 bridgehead atoms. The number of carbonyl (C=O) groups excluding carboxylic acids is 3. The van der Waals surface area contributed by atoms with Crippen molar-refractivity contribution >= 4 is 35.2 Å². The van der Waals surface area contributed by atoms with E-state index >= 15 is 0 Å². The Hall–Kier alpha value is -3.33. The molecule has 1 aliphatic heterocycles. The van der Waals surface area contributed by atoms with Crippen LogP contribution in [-0.4, -0.2) is 37.1 Å². The Kier molecular flexibility index (Phi) is 6.06. The molecule has 1 aliphatic rings. The molecule has 1 aromatic carbocycles. The molecule has 2 heterocycles. The molecule has 8 nitrogen and oxygen atoms in total. The summed E-state index contributed by atoms with van der Waals surface area (Å²) in [5.74, 6) is -0.933. The van der Waals surface area contributed by atoms with Gasteiger partial charge in [-0.05, 0) is 40.6 Å². The summed E-state index contributed by atoms with van der Waals surface area (Å²) < 4.78 is 15.7. The third-order valence-corrected chi connectivity index (χ3v) is 4.13. The summed E-state index contributed by atoms with van der Waals surface area (Å²) in [5.41, 5.74) is 5.23. The largest absolute Gasteiger partial charge is 0.485 e. The number of thiophene rings is 1. The van der Waals surface area contributed by atoms with Gasteiger partial charge in [0.2, 0.25) is 6.10 Å². The number of hydrogen-bond donors (Lipinski definition) is 2. The van der Waals surface area contributed by atoms with Crippen LogP contribution in [0.25, 0.3) is 6.08 Å². The van der Waals surface area contributed by atoms with Gasteiger partial charge in [-0.2, -0.15) is 11.3 Å². The summed E-state index contributed by atoms with van der Waals surface area (Å²) >= 11 is 1.50. The molecule has 0 saturated heterocycles. The number of rotatable bonds is 5. The molecule has 27 heavy (non-hydrogen) atoms. The van der Waals surface area contributed by atoms with E-state index in [4.69, 9.17) is 14.2 Å². The van der Waals surface area contributed by atoms with Gasteiger partial charge >= 0.3 is 5.97 Å². The van der Waals surface area contributed by atoms with Gasteiger partial charge < -0.3 is 14.2 Å². The Labute approximate surface area is 158 Å². The standard InChI is InChI=1S/C18H16N2O6S/c21-16(10-25-17(22)6-5-12-7-8-27-11-12)19-20-18(23)15-9-24-13-3-1-2-4-14(13)26-15/h1-8,11,15H,9-10H2,(H,19,21)(H,20,23)/b6-5+/t15-/m0/s1. The van der Waals surface area contributed by atoms with Crippen molar-refractivity contribution in [3.8, 4) is 11.5 Å². The molecule has 0 saturated carbocycles. The average molecular weight is 388 g/mol. The van der Waals surface area contributed by atoms with Crippen molar-refractivity contribution in [2.75, 3.05) is 13.2 Å². The Morgan fingerprint density at radius 3 is 2.78 bits per heavy atom. The van der Waals surface area contributed by atoms with Crippen LogP contribution in [0.15, 0.2) is 47.2 Å². The normalized spacial score (nSPS) is 15.2. The number of benzene rings is 1. The van der Waals surface area contributed by atoms with Crippen molar-refractivity contribution in [2.24, 2.45) is 0 Å². The van der Waals surface area contributed by atoms with E-state index in [-0.39, 0.29) is 6.61 Å². The van der Waals surface area contributed by atoms with Crippen molar-refractivity contribution in [3.63, 3.8) is 0 Å². The molecule has 3 rings (SSSR count). The monoisotopic (exact) mass is 388 g/mol. The minimum Gasteiger partial charge on any atom is -0.485 e. The van der Waals surface area contributed by atoms with Gasteiger partial charge in [-0.15, -0.1) is 0 Å². The molecule has 140 valence electrons. The summed E-state index contributed by atoms with van der Waals surface area (Å²) in [5, 5.41) is 3.74. The third-order valence-electron chi connectivity index (χ3n) is 3.43. The fraction of sp³-hybridized carbons (Fsp3) is 0.167. The maximum Gasteiger partial charge on any atom is 0.331 e. The van der Waals surface area contributed by atoms with E-state index in [0.717, 1.165) is 5.56 Å².